The van der Waals surface area contributed by atoms with Gasteiger partial charge < -0.3 is 10.0 Å². The van der Waals surface area contributed by atoms with Gasteiger partial charge in [0.2, 0.25) is 15.9 Å². The number of carboxylic acids is 1. The van der Waals surface area contributed by atoms with Crippen LogP contribution in [0.4, 0.5) is 5.69 Å². The third kappa shape index (κ3) is 3.12. The van der Waals surface area contributed by atoms with Crippen molar-refractivity contribution in [2.45, 2.75) is 24.7 Å². The summed E-state index contributed by atoms with van der Waals surface area (Å²) in [6.45, 7) is 1.49. The Morgan fingerprint density at radius 3 is 2.64 bits per heavy atom. The fraction of sp³-hybridized carbons (Fsp3) is 0.429. The maximum atomic E-state index is 12.4. The van der Waals surface area contributed by atoms with Crippen LogP contribution in [0.2, 0.25) is 0 Å². The molecule has 0 aliphatic carbocycles. The first-order chi connectivity index (χ1) is 10.2. The van der Waals surface area contributed by atoms with Gasteiger partial charge in [0.25, 0.3) is 0 Å². The average molecular weight is 326 g/mol. The van der Waals surface area contributed by atoms with Gasteiger partial charge in [-0.25, -0.2) is 8.42 Å². The molecule has 0 unspecified atom stereocenters. The Kier molecular flexibility index (Phi) is 4.52. The lowest BCUT2D eigenvalue weighted by Crippen LogP contribution is -2.34. The largest absolute Gasteiger partial charge is 0.480 e. The second kappa shape index (κ2) is 6.05. The molecule has 1 amide bonds. The van der Waals surface area contributed by atoms with Crippen LogP contribution < -0.4 is 4.90 Å². The molecule has 1 aromatic rings. The fourth-order valence-electron chi connectivity index (χ4n) is 2.52. The Hall–Kier alpha value is -1.93. The molecule has 0 aromatic heterocycles. The number of carbonyl (C=O) groups is 2. The van der Waals surface area contributed by atoms with Gasteiger partial charge in [-0.15, -0.1) is 0 Å². The van der Waals surface area contributed by atoms with Gasteiger partial charge in [0.15, 0.2) is 0 Å². The number of fused-ring (bicyclic) bond motifs is 1. The van der Waals surface area contributed by atoms with E-state index >= 15 is 0 Å². The number of carboxylic acid groups (broad SMARTS) is 1. The molecular formula is C14H18N2O5S. The summed E-state index contributed by atoms with van der Waals surface area (Å²) >= 11 is 0. The molecule has 1 aliphatic heterocycles. The van der Waals surface area contributed by atoms with Crippen LogP contribution in [0.1, 0.15) is 18.9 Å². The zero-order valence-corrected chi connectivity index (χ0v) is 13.3. The number of aryl methyl sites for hydroxylation is 1. The molecule has 0 saturated heterocycles. The van der Waals surface area contributed by atoms with Gasteiger partial charge in [-0.1, -0.05) is 0 Å². The summed E-state index contributed by atoms with van der Waals surface area (Å²) in [6, 6.07) is 4.54. The summed E-state index contributed by atoms with van der Waals surface area (Å²) in [5, 5.41) is 8.73. The highest BCUT2D eigenvalue weighted by molar-refractivity contribution is 7.89. The molecule has 0 saturated carbocycles. The van der Waals surface area contributed by atoms with Crippen LogP contribution in [0.3, 0.4) is 0 Å². The van der Waals surface area contributed by atoms with E-state index in [4.69, 9.17) is 5.11 Å². The SMILES string of the molecule is CC(=O)N1CCCc2cc(S(=O)(=O)N(C)CC(=O)O)ccc21. The van der Waals surface area contributed by atoms with E-state index in [9.17, 15) is 18.0 Å². The molecule has 1 aliphatic rings. The van der Waals surface area contributed by atoms with Crippen molar-refractivity contribution in [2.75, 3.05) is 25.0 Å². The van der Waals surface area contributed by atoms with Crippen molar-refractivity contribution in [3.63, 3.8) is 0 Å². The first-order valence-electron chi connectivity index (χ1n) is 6.82. The van der Waals surface area contributed by atoms with Crippen molar-refractivity contribution < 1.29 is 23.1 Å². The fourth-order valence-corrected chi connectivity index (χ4v) is 3.69. The van der Waals surface area contributed by atoms with Crippen LogP contribution in [0, 0.1) is 0 Å². The minimum atomic E-state index is -3.86. The summed E-state index contributed by atoms with van der Waals surface area (Å²) < 4.78 is 25.5. The Morgan fingerprint density at radius 1 is 1.36 bits per heavy atom. The lowest BCUT2D eigenvalue weighted by atomic mass is 10.0. The lowest BCUT2D eigenvalue weighted by molar-refractivity contribution is -0.137. The second-order valence-corrected chi connectivity index (χ2v) is 7.26. The Morgan fingerprint density at radius 2 is 2.05 bits per heavy atom. The summed E-state index contributed by atoms with van der Waals surface area (Å²) in [5.74, 6) is -1.30. The van der Waals surface area contributed by atoms with Gasteiger partial charge in [-0.05, 0) is 36.6 Å². The van der Waals surface area contributed by atoms with E-state index in [2.05, 4.69) is 0 Å². The highest BCUT2D eigenvalue weighted by Gasteiger charge is 2.26. The number of hydrogen-bond donors (Lipinski definition) is 1. The predicted octanol–water partition coefficient (Wildman–Crippen LogP) is 0.691. The van der Waals surface area contributed by atoms with Gasteiger partial charge in [-0.2, -0.15) is 4.31 Å². The van der Waals surface area contributed by atoms with E-state index in [1.54, 1.807) is 11.0 Å². The van der Waals surface area contributed by atoms with E-state index in [1.807, 2.05) is 0 Å². The van der Waals surface area contributed by atoms with Crippen LogP contribution in [-0.4, -0.2) is 49.8 Å². The molecule has 7 nitrogen and oxygen atoms in total. The van der Waals surface area contributed by atoms with E-state index in [-0.39, 0.29) is 10.8 Å². The van der Waals surface area contributed by atoms with Crippen LogP contribution >= 0.6 is 0 Å². The van der Waals surface area contributed by atoms with Crippen LogP contribution in [0.25, 0.3) is 0 Å². The molecule has 0 atom stereocenters. The van der Waals surface area contributed by atoms with E-state index in [0.29, 0.717) is 13.0 Å². The normalized spacial score (nSPS) is 14.8. The summed E-state index contributed by atoms with van der Waals surface area (Å²) in [7, 11) is -2.63. The van der Waals surface area contributed by atoms with Crippen molar-refractivity contribution in [1.29, 1.82) is 0 Å². The molecule has 22 heavy (non-hydrogen) atoms. The predicted molar refractivity (Wildman–Crippen MR) is 80.2 cm³/mol. The molecule has 0 radical (unpaired) electrons. The van der Waals surface area contributed by atoms with Gasteiger partial charge in [-0.3, -0.25) is 9.59 Å². The molecule has 1 heterocycles. The average Bonchev–Trinajstić information content (AvgIpc) is 2.45. The number of benzene rings is 1. The number of nitrogens with zero attached hydrogens (tertiary/aromatic N) is 2. The number of likely N-dealkylation sites (N-methyl/N-ethyl adjacent to an activating group) is 1. The Labute approximate surface area is 129 Å². The number of anilines is 1. The first kappa shape index (κ1) is 16.4. The third-order valence-corrected chi connectivity index (χ3v) is 5.42. The second-order valence-electron chi connectivity index (χ2n) is 5.22. The van der Waals surface area contributed by atoms with Crippen molar-refractivity contribution in [3.05, 3.63) is 23.8 Å². The number of hydrogen-bond acceptors (Lipinski definition) is 4. The molecule has 2 rings (SSSR count). The van der Waals surface area contributed by atoms with Gasteiger partial charge in [0, 0.05) is 26.2 Å². The standard InChI is InChI=1S/C14H18N2O5S/c1-10(17)16-7-3-4-11-8-12(5-6-13(11)16)22(20,21)15(2)9-14(18)19/h5-6,8H,3-4,7,9H2,1-2H3,(H,18,19). The zero-order valence-electron chi connectivity index (χ0n) is 12.4. The molecule has 120 valence electrons. The number of sulfonamides is 1. The number of rotatable bonds is 4. The number of aliphatic carboxylic acids is 1. The summed E-state index contributed by atoms with van der Waals surface area (Å²) in [6.07, 6.45) is 1.45. The van der Waals surface area contributed by atoms with E-state index < -0.39 is 22.5 Å². The lowest BCUT2D eigenvalue weighted by Gasteiger charge is -2.29. The molecule has 0 bridgehead atoms. The number of carbonyl (C=O) groups excluding carboxylic acids is 1. The topological polar surface area (TPSA) is 95.0 Å². The first-order valence-corrected chi connectivity index (χ1v) is 8.26. The molecule has 0 spiro atoms. The highest BCUT2D eigenvalue weighted by atomic mass is 32.2. The highest BCUT2D eigenvalue weighted by Crippen LogP contribution is 2.30. The molecule has 1 aromatic carbocycles. The maximum absolute atomic E-state index is 12.4. The molecule has 0 fully saturated rings. The van der Waals surface area contributed by atoms with Crippen molar-refractivity contribution in [2.24, 2.45) is 0 Å². The molecule has 8 heteroatoms. The molecule has 1 N–H and O–H groups in total. The monoisotopic (exact) mass is 326 g/mol. The van der Waals surface area contributed by atoms with E-state index in [1.165, 1.54) is 26.1 Å². The van der Waals surface area contributed by atoms with Gasteiger partial charge >= 0.3 is 5.97 Å². The summed E-state index contributed by atoms with van der Waals surface area (Å²) in [5.41, 5.74) is 1.50. The van der Waals surface area contributed by atoms with Crippen molar-refractivity contribution in [3.8, 4) is 0 Å². The van der Waals surface area contributed by atoms with Crippen molar-refractivity contribution >= 4 is 27.6 Å². The smallest absolute Gasteiger partial charge is 0.318 e. The zero-order chi connectivity index (χ0) is 16.5. The van der Waals surface area contributed by atoms with Crippen LogP contribution in [-0.2, 0) is 26.0 Å². The Balaban J connectivity index is 2.39. The van der Waals surface area contributed by atoms with Crippen LogP contribution in [0.15, 0.2) is 23.1 Å². The summed E-state index contributed by atoms with van der Waals surface area (Å²) in [4.78, 5) is 24.0. The minimum Gasteiger partial charge on any atom is -0.480 e. The van der Waals surface area contributed by atoms with Gasteiger partial charge in [0.1, 0.15) is 6.54 Å². The quantitative estimate of drug-likeness (QED) is 0.878. The minimum absolute atomic E-state index is 0.0420. The Bertz CT molecular complexity index is 714. The third-order valence-electron chi connectivity index (χ3n) is 3.62. The van der Waals surface area contributed by atoms with Crippen LogP contribution in [0.5, 0.6) is 0 Å². The number of amides is 1. The molecular weight excluding hydrogens is 308 g/mol. The van der Waals surface area contributed by atoms with Gasteiger partial charge in [0.05, 0.1) is 4.90 Å². The van der Waals surface area contributed by atoms with Crippen molar-refractivity contribution in [1.82, 2.24) is 4.31 Å². The van der Waals surface area contributed by atoms with E-state index in [0.717, 1.165) is 22.0 Å². The maximum Gasteiger partial charge on any atom is 0.318 e.